The molecule has 0 fully saturated rings. The molecule has 10 heteroatoms. The summed E-state index contributed by atoms with van der Waals surface area (Å²) >= 11 is 0. The summed E-state index contributed by atoms with van der Waals surface area (Å²) in [7, 11) is -3.58. The van der Waals surface area contributed by atoms with Gasteiger partial charge in [-0.1, -0.05) is 19.9 Å². The van der Waals surface area contributed by atoms with Crippen LogP contribution in [0.4, 0.5) is 11.4 Å². The number of sulfonamides is 1. The largest absolute Gasteiger partial charge is 0.483 e. The Balaban J connectivity index is 2.05. The van der Waals surface area contributed by atoms with Crippen LogP contribution in [0.3, 0.4) is 0 Å². The first-order valence-corrected chi connectivity index (χ1v) is 10.4. The molecule has 0 radical (unpaired) electrons. The molecule has 0 bridgehead atoms. The molecule has 0 aliphatic rings. The molecule has 2 rings (SSSR count). The van der Waals surface area contributed by atoms with Gasteiger partial charge in [-0.15, -0.1) is 0 Å². The molecular formula is C19H23N3O6S. The number of hydrogen-bond donors (Lipinski definition) is 1. The van der Waals surface area contributed by atoms with Gasteiger partial charge < -0.3 is 10.1 Å². The summed E-state index contributed by atoms with van der Waals surface area (Å²) in [6.07, 6.45) is 0. The van der Waals surface area contributed by atoms with Crippen molar-refractivity contribution in [1.29, 1.82) is 0 Å². The Bertz CT molecular complexity index is 1000. The van der Waals surface area contributed by atoms with Gasteiger partial charge in [-0.25, -0.2) is 8.42 Å². The molecule has 2 aromatic carbocycles. The van der Waals surface area contributed by atoms with E-state index in [1.807, 2.05) is 0 Å². The maximum Gasteiger partial charge on any atom is 0.271 e. The number of non-ortho nitro benzene ring substituents is 1. The first-order chi connectivity index (χ1) is 13.7. The lowest BCUT2D eigenvalue weighted by Crippen LogP contribution is -2.30. The minimum Gasteiger partial charge on any atom is -0.483 e. The first kappa shape index (κ1) is 22.3. The Hall–Kier alpha value is -2.98. The lowest BCUT2D eigenvalue weighted by Gasteiger charge is -2.19. The number of nitrogens with zero attached hydrogens (tertiary/aromatic N) is 2. The standard InChI is InChI=1S/C19H23N3O6S/c1-4-21(5-2)29(26,27)17-9-10-18(14(3)11-17)28-13-19(23)20-15-7-6-8-16(12-15)22(24)25/h6-12H,4-5,13H2,1-3H3,(H,20,23). The highest BCUT2D eigenvalue weighted by atomic mass is 32.2. The highest BCUT2D eigenvalue weighted by molar-refractivity contribution is 7.89. The SMILES string of the molecule is CCN(CC)S(=O)(=O)c1ccc(OCC(=O)Nc2cccc([N+](=O)[O-])c2)c(C)c1. The predicted molar refractivity (Wildman–Crippen MR) is 109 cm³/mol. The summed E-state index contributed by atoms with van der Waals surface area (Å²) in [6, 6.07) is 10.0. The number of ether oxygens (including phenoxy) is 1. The molecule has 0 aromatic heterocycles. The molecule has 9 nitrogen and oxygen atoms in total. The molecule has 0 saturated carbocycles. The fourth-order valence-electron chi connectivity index (χ4n) is 2.69. The third kappa shape index (κ3) is 5.52. The number of aryl methyl sites for hydroxylation is 1. The normalized spacial score (nSPS) is 11.3. The van der Waals surface area contributed by atoms with E-state index in [0.29, 0.717) is 24.4 Å². The highest BCUT2D eigenvalue weighted by Gasteiger charge is 2.22. The molecule has 1 amide bonds. The molecule has 0 aliphatic carbocycles. The zero-order chi connectivity index (χ0) is 21.6. The molecule has 0 unspecified atom stereocenters. The van der Waals surface area contributed by atoms with Crippen molar-refractivity contribution < 1.29 is 22.9 Å². The van der Waals surface area contributed by atoms with Crippen molar-refractivity contribution in [2.24, 2.45) is 0 Å². The minimum atomic E-state index is -3.58. The number of anilines is 1. The molecule has 1 N–H and O–H groups in total. The van der Waals surface area contributed by atoms with Crippen LogP contribution in [0.1, 0.15) is 19.4 Å². The third-order valence-corrected chi connectivity index (χ3v) is 6.23. The van der Waals surface area contributed by atoms with Crippen LogP contribution < -0.4 is 10.1 Å². The van der Waals surface area contributed by atoms with Crippen LogP contribution in [-0.4, -0.2) is 43.2 Å². The predicted octanol–water partition coefficient (Wildman–Crippen LogP) is 2.95. The third-order valence-electron chi connectivity index (χ3n) is 4.19. The van der Waals surface area contributed by atoms with Gasteiger partial charge in [0.2, 0.25) is 10.0 Å². The summed E-state index contributed by atoms with van der Waals surface area (Å²) < 4.78 is 32.0. The fourth-order valence-corrected chi connectivity index (χ4v) is 4.24. The van der Waals surface area contributed by atoms with Gasteiger partial charge in [0.05, 0.1) is 9.82 Å². The lowest BCUT2D eigenvalue weighted by atomic mass is 10.2. The number of amides is 1. The summed E-state index contributed by atoms with van der Waals surface area (Å²) in [6.45, 7) is 5.64. The van der Waals surface area contributed by atoms with E-state index in [-0.39, 0.29) is 22.9 Å². The summed E-state index contributed by atoms with van der Waals surface area (Å²) in [5.41, 5.74) is 0.719. The Morgan fingerprint density at radius 1 is 1.17 bits per heavy atom. The number of nitrogens with one attached hydrogen (secondary N) is 1. The highest BCUT2D eigenvalue weighted by Crippen LogP contribution is 2.24. The second-order valence-electron chi connectivity index (χ2n) is 6.16. The topological polar surface area (TPSA) is 119 Å². The minimum absolute atomic E-state index is 0.135. The van der Waals surface area contributed by atoms with Crippen LogP contribution in [0.15, 0.2) is 47.4 Å². The molecule has 0 heterocycles. The number of nitro groups is 1. The van der Waals surface area contributed by atoms with E-state index in [0.717, 1.165) is 0 Å². The Kier molecular flexibility index (Phi) is 7.29. The van der Waals surface area contributed by atoms with Gasteiger partial charge in [0.25, 0.3) is 11.6 Å². The second kappa shape index (κ2) is 9.48. The van der Waals surface area contributed by atoms with E-state index in [2.05, 4.69) is 5.32 Å². The van der Waals surface area contributed by atoms with E-state index in [9.17, 15) is 23.3 Å². The van der Waals surface area contributed by atoms with Crippen molar-refractivity contribution in [2.45, 2.75) is 25.7 Å². The fraction of sp³-hybridized carbons (Fsp3) is 0.316. The van der Waals surface area contributed by atoms with E-state index < -0.39 is 20.9 Å². The zero-order valence-electron chi connectivity index (χ0n) is 16.4. The molecule has 0 atom stereocenters. The van der Waals surface area contributed by atoms with Crippen molar-refractivity contribution in [1.82, 2.24) is 4.31 Å². The molecule has 29 heavy (non-hydrogen) atoms. The van der Waals surface area contributed by atoms with Gasteiger partial charge in [-0.3, -0.25) is 14.9 Å². The summed E-state index contributed by atoms with van der Waals surface area (Å²) in [4.78, 5) is 22.5. The van der Waals surface area contributed by atoms with Gasteiger partial charge >= 0.3 is 0 Å². The van der Waals surface area contributed by atoms with Gasteiger partial charge in [0.1, 0.15) is 5.75 Å². The first-order valence-electron chi connectivity index (χ1n) is 8.97. The number of carbonyl (C=O) groups excluding carboxylic acids is 1. The van der Waals surface area contributed by atoms with Gasteiger partial charge in [0.15, 0.2) is 6.61 Å². The average Bonchev–Trinajstić information content (AvgIpc) is 2.67. The summed E-state index contributed by atoms with van der Waals surface area (Å²) in [5, 5.41) is 13.3. The molecular weight excluding hydrogens is 398 g/mol. The molecule has 0 aliphatic heterocycles. The monoisotopic (exact) mass is 421 g/mol. The maximum atomic E-state index is 12.6. The molecule has 0 saturated heterocycles. The Morgan fingerprint density at radius 2 is 1.86 bits per heavy atom. The number of carbonyl (C=O) groups is 1. The van der Waals surface area contributed by atoms with Gasteiger partial charge in [0, 0.05) is 30.9 Å². The van der Waals surface area contributed by atoms with Crippen molar-refractivity contribution in [2.75, 3.05) is 25.0 Å². The Labute approximate surface area is 169 Å². The Morgan fingerprint density at radius 3 is 2.45 bits per heavy atom. The van der Waals surface area contributed by atoms with Gasteiger partial charge in [-0.05, 0) is 36.8 Å². The van der Waals surface area contributed by atoms with Gasteiger partial charge in [-0.2, -0.15) is 4.31 Å². The van der Waals surface area contributed by atoms with Crippen molar-refractivity contribution in [3.8, 4) is 5.75 Å². The van der Waals surface area contributed by atoms with Crippen molar-refractivity contribution in [3.05, 3.63) is 58.1 Å². The molecule has 2 aromatic rings. The van der Waals surface area contributed by atoms with Crippen LogP contribution in [0.5, 0.6) is 5.75 Å². The quantitative estimate of drug-likeness (QED) is 0.491. The van der Waals surface area contributed by atoms with Crippen molar-refractivity contribution in [3.63, 3.8) is 0 Å². The number of benzene rings is 2. The van der Waals surface area contributed by atoms with E-state index in [1.165, 1.54) is 46.8 Å². The van der Waals surface area contributed by atoms with E-state index in [1.54, 1.807) is 20.8 Å². The second-order valence-corrected chi connectivity index (χ2v) is 8.10. The van der Waals surface area contributed by atoms with Crippen LogP contribution in [0.2, 0.25) is 0 Å². The molecule has 156 valence electrons. The zero-order valence-corrected chi connectivity index (χ0v) is 17.2. The lowest BCUT2D eigenvalue weighted by molar-refractivity contribution is -0.384. The number of rotatable bonds is 9. The molecule has 0 spiro atoms. The number of hydrogen-bond acceptors (Lipinski definition) is 6. The van der Waals surface area contributed by atoms with E-state index >= 15 is 0 Å². The van der Waals surface area contributed by atoms with Crippen LogP contribution in [0, 0.1) is 17.0 Å². The van der Waals surface area contributed by atoms with Crippen LogP contribution in [-0.2, 0) is 14.8 Å². The van der Waals surface area contributed by atoms with E-state index in [4.69, 9.17) is 4.74 Å². The average molecular weight is 421 g/mol. The van der Waals surface area contributed by atoms with Crippen LogP contribution in [0.25, 0.3) is 0 Å². The number of nitro benzene ring substituents is 1. The smallest absolute Gasteiger partial charge is 0.271 e. The van der Waals surface area contributed by atoms with Crippen molar-refractivity contribution >= 4 is 27.3 Å². The summed E-state index contributed by atoms with van der Waals surface area (Å²) in [5.74, 6) is -0.123. The maximum absolute atomic E-state index is 12.6. The van der Waals surface area contributed by atoms with Crippen LogP contribution >= 0.6 is 0 Å².